The molecule has 1 aromatic carbocycles. The number of benzene rings is 1. The van der Waals surface area contributed by atoms with Crippen LogP contribution in [0, 0.1) is 0 Å². The van der Waals surface area contributed by atoms with Gasteiger partial charge in [0.15, 0.2) is 21.7 Å². The van der Waals surface area contributed by atoms with Gasteiger partial charge in [-0.05, 0) is 31.2 Å². The van der Waals surface area contributed by atoms with Gasteiger partial charge in [0.1, 0.15) is 5.75 Å². The van der Waals surface area contributed by atoms with Gasteiger partial charge in [-0.1, -0.05) is 23.9 Å². The molecule has 3 heterocycles. The molecule has 0 saturated heterocycles. The molecule has 0 amide bonds. The van der Waals surface area contributed by atoms with Crippen molar-refractivity contribution in [3.05, 3.63) is 53.7 Å². The Morgan fingerprint density at radius 3 is 2.85 bits per heavy atom. The molecule has 0 aliphatic rings. The lowest BCUT2D eigenvalue weighted by atomic mass is 10.2. The highest BCUT2D eigenvalue weighted by Gasteiger charge is 2.17. The van der Waals surface area contributed by atoms with Crippen molar-refractivity contribution in [1.82, 2.24) is 19.7 Å². The third-order valence-corrected chi connectivity index (χ3v) is 5.92. The zero-order valence-corrected chi connectivity index (χ0v) is 16.6. The quantitative estimate of drug-likeness (QED) is 0.409. The summed E-state index contributed by atoms with van der Waals surface area (Å²) in [6.07, 6.45) is 1.66. The highest BCUT2D eigenvalue weighted by molar-refractivity contribution is 7.98. The summed E-state index contributed by atoms with van der Waals surface area (Å²) in [6, 6.07) is 11.6. The van der Waals surface area contributed by atoms with Crippen molar-refractivity contribution < 1.29 is 9.15 Å². The van der Waals surface area contributed by atoms with Crippen molar-refractivity contribution in [3.8, 4) is 27.9 Å². The number of hydrogen-bond acceptors (Lipinski definition) is 7. The van der Waals surface area contributed by atoms with Crippen LogP contribution in [0.5, 0.6) is 5.75 Å². The molecule has 0 N–H and O–H groups in total. The molecule has 0 radical (unpaired) electrons. The van der Waals surface area contributed by atoms with Crippen LogP contribution in [0.1, 0.15) is 12.6 Å². The minimum absolute atomic E-state index is 0.723. The van der Waals surface area contributed by atoms with Crippen LogP contribution in [-0.4, -0.2) is 26.9 Å². The fraction of sp³-hybridized carbons (Fsp3) is 0.211. The highest BCUT2D eigenvalue weighted by Crippen LogP contribution is 2.32. The van der Waals surface area contributed by atoms with Gasteiger partial charge in [-0.15, -0.1) is 21.5 Å². The Kier molecular flexibility index (Phi) is 5.26. The third kappa shape index (κ3) is 3.63. The number of thiazole rings is 1. The first kappa shape index (κ1) is 17.8. The van der Waals surface area contributed by atoms with E-state index in [9.17, 15) is 0 Å². The van der Waals surface area contributed by atoms with Crippen molar-refractivity contribution in [2.24, 2.45) is 0 Å². The van der Waals surface area contributed by atoms with Gasteiger partial charge in [0.25, 0.3) is 0 Å². The molecule has 3 aromatic heterocycles. The van der Waals surface area contributed by atoms with Gasteiger partial charge < -0.3 is 13.7 Å². The third-order valence-electron chi connectivity index (χ3n) is 4.01. The molecular formula is C19H18N4O2S2. The number of ether oxygens (including phenoxy) is 1. The van der Waals surface area contributed by atoms with Gasteiger partial charge in [-0.2, -0.15) is 0 Å². The summed E-state index contributed by atoms with van der Waals surface area (Å²) in [4.78, 5) is 4.64. The summed E-state index contributed by atoms with van der Waals surface area (Å²) in [7, 11) is 1.67. The van der Waals surface area contributed by atoms with Crippen LogP contribution in [-0.2, 0) is 12.3 Å². The van der Waals surface area contributed by atoms with Crippen LogP contribution in [0.3, 0.4) is 0 Å². The predicted molar refractivity (Wildman–Crippen MR) is 107 cm³/mol. The lowest BCUT2D eigenvalue weighted by Gasteiger charge is -2.10. The van der Waals surface area contributed by atoms with E-state index < -0.39 is 0 Å². The molecule has 6 nitrogen and oxygen atoms in total. The first-order chi connectivity index (χ1) is 13.3. The first-order valence-corrected chi connectivity index (χ1v) is 10.3. The van der Waals surface area contributed by atoms with Crippen LogP contribution in [0.15, 0.2) is 57.6 Å². The predicted octanol–water partition coefficient (Wildman–Crippen LogP) is 4.98. The molecule has 0 unspecified atom stereocenters. The zero-order valence-electron chi connectivity index (χ0n) is 15.0. The molecule has 0 aliphatic carbocycles. The maximum Gasteiger partial charge on any atom is 0.191 e. The van der Waals surface area contributed by atoms with E-state index in [1.807, 2.05) is 36.4 Å². The van der Waals surface area contributed by atoms with Crippen molar-refractivity contribution in [2.75, 3.05) is 7.11 Å². The lowest BCUT2D eigenvalue weighted by Crippen LogP contribution is -2.01. The van der Waals surface area contributed by atoms with Gasteiger partial charge in [0, 0.05) is 17.7 Å². The van der Waals surface area contributed by atoms with Gasteiger partial charge in [-0.25, -0.2) is 4.98 Å². The molecule has 8 heteroatoms. The Hall–Kier alpha value is -2.58. The minimum atomic E-state index is 0.723. The Bertz CT molecular complexity index is 1020. The maximum atomic E-state index is 5.47. The molecule has 0 bridgehead atoms. The maximum absolute atomic E-state index is 5.47. The second-order valence-electron chi connectivity index (χ2n) is 5.66. The normalized spacial score (nSPS) is 11.0. The van der Waals surface area contributed by atoms with E-state index in [0.717, 1.165) is 51.1 Å². The molecule has 4 aromatic rings. The summed E-state index contributed by atoms with van der Waals surface area (Å²) < 4.78 is 13.0. The molecule has 27 heavy (non-hydrogen) atoms. The zero-order chi connectivity index (χ0) is 18.6. The second kappa shape index (κ2) is 7.98. The number of methoxy groups -OCH3 is 1. The molecule has 0 fully saturated rings. The first-order valence-electron chi connectivity index (χ1n) is 8.47. The van der Waals surface area contributed by atoms with E-state index in [-0.39, 0.29) is 0 Å². The van der Waals surface area contributed by atoms with E-state index >= 15 is 0 Å². The van der Waals surface area contributed by atoms with Crippen LogP contribution in [0.4, 0.5) is 0 Å². The summed E-state index contributed by atoms with van der Waals surface area (Å²) in [5.41, 5.74) is 1.94. The number of thioether (sulfide) groups is 1. The van der Waals surface area contributed by atoms with Crippen LogP contribution >= 0.6 is 23.1 Å². The van der Waals surface area contributed by atoms with Crippen molar-refractivity contribution in [1.29, 1.82) is 0 Å². The number of rotatable bonds is 7. The fourth-order valence-electron chi connectivity index (χ4n) is 2.73. The molecule has 4 rings (SSSR count). The number of aromatic nitrogens is 4. The molecule has 0 aliphatic heterocycles. The Balaban J connectivity index is 1.54. The molecule has 0 spiro atoms. The summed E-state index contributed by atoms with van der Waals surface area (Å²) in [5, 5.41) is 12.6. The molecular weight excluding hydrogens is 380 g/mol. The van der Waals surface area contributed by atoms with Crippen LogP contribution < -0.4 is 4.74 Å². The van der Waals surface area contributed by atoms with Gasteiger partial charge in [0.2, 0.25) is 0 Å². The topological polar surface area (TPSA) is 66.0 Å². The highest BCUT2D eigenvalue weighted by atomic mass is 32.2. The monoisotopic (exact) mass is 398 g/mol. The van der Waals surface area contributed by atoms with Gasteiger partial charge in [-0.3, -0.25) is 0 Å². The lowest BCUT2D eigenvalue weighted by molar-refractivity contribution is 0.416. The molecule has 0 saturated carbocycles. The van der Waals surface area contributed by atoms with E-state index in [1.165, 1.54) is 0 Å². The Labute approximate surface area is 165 Å². The van der Waals surface area contributed by atoms with E-state index in [0.29, 0.717) is 0 Å². The van der Waals surface area contributed by atoms with Crippen molar-refractivity contribution in [3.63, 3.8) is 0 Å². The fourth-order valence-corrected chi connectivity index (χ4v) is 4.52. The minimum Gasteiger partial charge on any atom is -0.496 e. The van der Waals surface area contributed by atoms with Gasteiger partial charge >= 0.3 is 0 Å². The average molecular weight is 399 g/mol. The van der Waals surface area contributed by atoms with Crippen LogP contribution in [0.25, 0.3) is 22.2 Å². The summed E-state index contributed by atoms with van der Waals surface area (Å²) >= 11 is 3.21. The number of para-hydroxylation sites is 1. The van der Waals surface area contributed by atoms with Crippen LogP contribution in [0.2, 0.25) is 0 Å². The average Bonchev–Trinajstić information content (AvgIpc) is 3.46. The largest absolute Gasteiger partial charge is 0.496 e. The van der Waals surface area contributed by atoms with Gasteiger partial charge in [0.05, 0.1) is 24.6 Å². The SMILES string of the molecule is CCn1c(SCc2csc(-c3ccco3)n2)nnc1-c1ccccc1OC. The molecule has 138 valence electrons. The summed E-state index contributed by atoms with van der Waals surface area (Å²) in [5.74, 6) is 3.12. The van der Waals surface area contributed by atoms with Crippen molar-refractivity contribution in [2.45, 2.75) is 24.4 Å². The van der Waals surface area contributed by atoms with E-state index in [2.05, 4.69) is 32.1 Å². The number of hydrogen-bond donors (Lipinski definition) is 0. The number of nitrogens with zero attached hydrogens (tertiary/aromatic N) is 4. The van der Waals surface area contributed by atoms with E-state index in [1.54, 1.807) is 36.5 Å². The molecule has 0 atom stereocenters. The smallest absolute Gasteiger partial charge is 0.191 e. The van der Waals surface area contributed by atoms with E-state index in [4.69, 9.17) is 9.15 Å². The van der Waals surface area contributed by atoms with Crippen molar-refractivity contribution >= 4 is 23.1 Å². The Morgan fingerprint density at radius 1 is 1.19 bits per heavy atom. The number of furan rings is 1. The second-order valence-corrected chi connectivity index (χ2v) is 7.46. The summed E-state index contributed by atoms with van der Waals surface area (Å²) in [6.45, 7) is 2.86. The standard InChI is InChI=1S/C19H18N4O2S2/c1-3-23-17(14-7-4-5-8-15(14)24-2)21-22-19(23)27-12-13-11-26-18(20-13)16-9-6-10-25-16/h4-11H,3,12H2,1-2H3. The Morgan fingerprint density at radius 2 is 2.07 bits per heavy atom.